The van der Waals surface area contributed by atoms with E-state index in [1.807, 2.05) is 44.2 Å². The Morgan fingerprint density at radius 1 is 1.11 bits per heavy atom. The van der Waals surface area contributed by atoms with E-state index in [0.29, 0.717) is 24.1 Å². The molecule has 1 aromatic carbocycles. The van der Waals surface area contributed by atoms with Gasteiger partial charge in [0.2, 0.25) is 11.7 Å². The molecule has 1 heterocycles. The van der Waals surface area contributed by atoms with E-state index in [0.717, 1.165) is 16.5 Å². The van der Waals surface area contributed by atoms with Gasteiger partial charge in [-0.15, -0.1) is 11.3 Å². The molecule has 8 heteroatoms. The smallest absolute Gasteiger partial charge is 0.290 e. The zero-order valence-corrected chi connectivity index (χ0v) is 23.2. The van der Waals surface area contributed by atoms with Crippen LogP contribution in [0.2, 0.25) is 0 Å². The molecule has 1 aromatic heterocycles. The second kappa shape index (κ2) is 12.1. The van der Waals surface area contributed by atoms with Gasteiger partial charge in [0.1, 0.15) is 5.78 Å². The Morgan fingerprint density at radius 2 is 1.81 bits per heavy atom. The molecular formula is C29H38N2O5S. The normalized spacial score (nSPS) is 17.6. The number of amides is 2. The van der Waals surface area contributed by atoms with Gasteiger partial charge in [-0.2, -0.15) is 0 Å². The fourth-order valence-electron chi connectivity index (χ4n) is 4.80. The molecule has 0 radical (unpaired) electrons. The third-order valence-electron chi connectivity index (χ3n) is 6.56. The van der Waals surface area contributed by atoms with Gasteiger partial charge in [-0.3, -0.25) is 24.0 Å². The van der Waals surface area contributed by atoms with E-state index in [4.69, 9.17) is 0 Å². The number of carbonyl (C=O) groups excluding carboxylic acids is 5. The van der Waals surface area contributed by atoms with Crippen molar-refractivity contribution in [2.24, 2.45) is 17.8 Å². The van der Waals surface area contributed by atoms with Crippen LogP contribution in [0.1, 0.15) is 82.8 Å². The van der Waals surface area contributed by atoms with Crippen LogP contribution in [0, 0.1) is 17.8 Å². The number of hydrogen-bond acceptors (Lipinski definition) is 6. The lowest BCUT2D eigenvalue weighted by Gasteiger charge is -2.26. The van der Waals surface area contributed by atoms with Crippen molar-refractivity contribution in [1.82, 2.24) is 10.6 Å². The molecule has 2 aromatic rings. The maximum absolute atomic E-state index is 13.5. The molecule has 1 fully saturated rings. The lowest BCUT2D eigenvalue weighted by Crippen LogP contribution is -2.53. The SMILES string of the molecule is CC(C)C[C@H](CC(=O)c1cc2ccccc2s1)C(=O)N[C@@H](C[C@@H]1CCCC1=O)C(=O)C(=O)NC(C)(C)C. The van der Waals surface area contributed by atoms with Crippen molar-refractivity contribution in [3.05, 3.63) is 35.2 Å². The van der Waals surface area contributed by atoms with Gasteiger partial charge in [-0.05, 0) is 69.9 Å². The summed E-state index contributed by atoms with van der Waals surface area (Å²) in [5.41, 5.74) is -0.624. The highest BCUT2D eigenvalue weighted by molar-refractivity contribution is 7.20. The lowest BCUT2D eigenvalue weighted by atomic mass is 9.89. The fraction of sp³-hybridized carbons (Fsp3) is 0.552. The average molecular weight is 527 g/mol. The van der Waals surface area contributed by atoms with Gasteiger partial charge < -0.3 is 10.6 Å². The zero-order chi connectivity index (χ0) is 27.3. The van der Waals surface area contributed by atoms with Crippen molar-refractivity contribution in [2.45, 2.75) is 84.7 Å². The summed E-state index contributed by atoms with van der Waals surface area (Å²) in [6.45, 7) is 9.25. The largest absolute Gasteiger partial charge is 0.345 e. The first-order valence-electron chi connectivity index (χ1n) is 13.0. The molecule has 0 spiro atoms. The molecule has 0 aliphatic heterocycles. The van der Waals surface area contributed by atoms with Crippen LogP contribution in [0.5, 0.6) is 0 Å². The minimum absolute atomic E-state index is 0.00823. The minimum atomic E-state index is -1.11. The first-order valence-corrected chi connectivity index (χ1v) is 13.9. The first-order chi connectivity index (χ1) is 17.3. The van der Waals surface area contributed by atoms with Gasteiger partial charge in [0.25, 0.3) is 5.91 Å². The molecule has 0 bridgehead atoms. The predicted octanol–water partition coefficient (Wildman–Crippen LogP) is 4.86. The predicted molar refractivity (Wildman–Crippen MR) is 146 cm³/mol. The van der Waals surface area contributed by atoms with Crippen molar-refractivity contribution in [3.63, 3.8) is 0 Å². The Labute approximate surface area is 222 Å². The summed E-state index contributed by atoms with van der Waals surface area (Å²) in [5.74, 6) is -2.93. The van der Waals surface area contributed by atoms with E-state index in [2.05, 4.69) is 10.6 Å². The van der Waals surface area contributed by atoms with E-state index >= 15 is 0 Å². The van der Waals surface area contributed by atoms with E-state index in [1.165, 1.54) is 11.3 Å². The molecule has 0 unspecified atom stereocenters. The third-order valence-corrected chi connectivity index (χ3v) is 7.71. The average Bonchev–Trinajstić information content (AvgIpc) is 3.42. The fourth-order valence-corrected chi connectivity index (χ4v) is 5.81. The number of benzene rings is 1. The highest BCUT2D eigenvalue weighted by atomic mass is 32.1. The quantitative estimate of drug-likeness (QED) is 0.321. The van der Waals surface area contributed by atoms with Crippen molar-refractivity contribution in [1.29, 1.82) is 0 Å². The van der Waals surface area contributed by atoms with Crippen LogP contribution in [-0.4, -0.2) is 40.7 Å². The van der Waals surface area contributed by atoms with E-state index in [1.54, 1.807) is 20.8 Å². The lowest BCUT2D eigenvalue weighted by molar-refractivity contribution is -0.141. The van der Waals surface area contributed by atoms with Crippen molar-refractivity contribution < 1.29 is 24.0 Å². The number of carbonyl (C=O) groups is 5. The number of fused-ring (bicyclic) bond motifs is 1. The standard InChI is InChI=1S/C29H38N2O5S/c1-17(2)13-20(15-23(33)25-16-19-9-6-7-12-24(19)37-25)27(35)30-21(14-18-10-8-11-22(18)32)26(34)28(36)31-29(3,4)5/h6-7,9,12,16-18,20-21H,8,10-11,13-15H2,1-5H3,(H,30,35)(H,31,36)/t18-,20+,21-/m0/s1. The molecule has 0 saturated heterocycles. The van der Waals surface area contributed by atoms with Gasteiger partial charge >= 0.3 is 0 Å². The van der Waals surface area contributed by atoms with Crippen LogP contribution in [-0.2, 0) is 19.2 Å². The van der Waals surface area contributed by atoms with Crippen molar-refractivity contribution >= 4 is 50.6 Å². The van der Waals surface area contributed by atoms with Crippen LogP contribution >= 0.6 is 11.3 Å². The molecule has 1 aliphatic carbocycles. The van der Waals surface area contributed by atoms with Crippen molar-refractivity contribution in [2.75, 3.05) is 0 Å². The van der Waals surface area contributed by atoms with E-state index in [9.17, 15) is 24.0 Å². The van der Waals surface area contributed by atoms with E-state index in [-0.39, 0.29) is 36.2 Å². The number of thiophene rings is 1. The molecule has 1 saturated carbocycles. The molecule has 200 valence electrons. The van der Waals surface area contributed by atoms with Gasteiger partial charge in [0, 0.05) is 34.9 Å². The number of nitrogens with one attached hydrogen (secondary N) is 2. The van der Waals surface area contributed by atoms with Crippen molar-refractivity contribution in [3.8, 4) is 0 Å². The molecule has 2 N–H and O–H groups in total. The van der Waals surface area contributed by atoms with Crippen LogP contribution in [0.3, 0.4) is 0 Å². The Bertz CT molecular complexity index is 1140. The number of ketones is 3. The highest BCUT2D eigenvalue weighted by Crippen LogP contribution is 2.29. The summed E-state index contributed by atoms with van der Waals surface area (Å²) in [7, 11) is 0. The Hall–Kier alpha value is -2.87. The zero-order valence-electron chi connectivity index (χ0n) is 22.4. The molecule has 7 nitrogen and oxygen atoms in total. The Kier molecular flexibility index (Phi) is 9.40. The van der Waals surface area contributed by atoms with Crippen LogP contribution in [0.15, 0.2) is 30.3 Å². The summed E-state index contributed by atoms with van der Waals surface area (Å²) in [4.78, 5) is 65.4. The van der Waals surface area contributed by atoms with Crippen LogP contribution < -0.4 is 10.6 Å². The van der Waals surface area contributed by atoms with Gasteiger partial charge in [-0.1, -0.05) is 32.0 Å². The third kappa shape index (κ3) is 8.06. The van der Waals surface area contributed by atoms with Gasteiger partial charge in [0.15, 0.2) is 5.78 Å². The van der Waals surface area contributed by atoms with Crippen LogP contribution in [0.25, 0.3) is 10.1 Å². The molecular weight excluding hydrogens is 488 g/mol. The number of Topliss-reactive ketones (excluding diaryl/α,β-unsaturated/α-hetero) is 3. The van der Waals surface area contributed by atoms with Gasteiger partial charge in [-0.25, -0.2) is 0 Å². The maximum Gasteiger partial charge on any atom is 0.290 e. The summed E-state index contributed by atoms with van der Waals surface area (Å²) >= 11 is 1.40. The minimum Gasteiger partial charge on any atom is -0.345 e. The topological polar surface area (TPSA) is 109 Å². The summed E-state index contributed by atoms with van der Waals surface area (Å²) in [6.07, 6.45) is 2.40. The molecule has 1 aliphatic rings. The molecule has 2 amide bonds. The second-order valence-electron chi connectivity index (χ2n) is 11.5. The molecule has 37 heavy (non-hydrogen) atoms. The van der Waals surface area contributed by atoms with Crippen LogP contribution in [0.4, 0.5) is 0 Å². The number of rotatable bonds is 11. The number of hydrogen-bond donors (Lipinski definition) is 2. The second-order valence-corrected chi connectivity index (χ2v) is 12.6. The maximum atomic E-state index is 13.5. The first kappa shape index (κ1) is 28.7. The van der Waals surface area contributed by atoms with Gasteiger partial charge in [0.05, 0.1) is 10.9 Å². The van der Waals surface area contributed by atoms with E-state index < -0.39 is 35.1 Å². The molecule has 3 atom stereocenters. The summed E-state index contributed by atoms with van der Waals surface area (Å²) in [5, 5.41) is 6.41. The highest BCUT2D eigenvalue weighted by Gasteiger charge is 2.36. The summed E-state index contributed by atoms with van der Waals surface area (Å²) < 4.78 is 1.01. The monoisotopic (exact) mass is 526 g/mol. The molecule has 3 rings (SSSR count). The Balaban J connectivity index is 1.78. The summed E-state index contributed by atoms with van der Waals surface area (Å²) in [6, 6.07) is 8.48. The Morgan fingerprint density at radius 3 is 2.41 bits per heavy atom.